The van der Waals surface area contributed by atoms with Gasteiger partial charge in [-0.2, -0.15) is 5.26 Å². The average Bonchev–Trinajstić information content (AvgIpc) is 3.13. The fraction of sp³-hybridized carbons (Fsp3) is 0.500. The Bertz CT molecular complexity index is 736. The molecule has 0 unspecified atom stereocenters. The second-order valence-corrected chi connectivity index (χ2v) is 7.24. The molecule has 8 heteroatoms. The van der Waals surface area contributed by atoms with Crippen LogP contribution >= 0.6 is 0 Å². The Labute approximate surface area is 164 Å². The molecule has 0 saturated heterocycles. The fourth-order valence-corrected chi connectivity index (χ4v) is 3.10. The normalized spacial score (nSPS) is 15.9. The second kappa shape index (κ2) is 9.74. The monoisotopic (exact) mass is 386 g/mol. The Morgan fingerprint density at radius 3 is 2.39 bits per heavy atom. The Morgan fingerprint density at radius 2 is 1.82 bits per heavy atom. The lowest BCUT2D eigenvalue weighted by molar-refractivity contribution is -0.151. The van der Waals surface area contributed by atoms with E-state index in [0.717, 1.165) is 12.8 Å². The van der Waals surface area contributed by atoms with Crippen molar-refractivity contribution in [3.8, 4) is 6.07 Å². The molecule has 0 aliphatic heterocycles. The zero-order valence-corrected chi connectivity index (χ0v) is 16.2. The second-order valence-electron chi connectivity index (χ2n) is 7.24. The van der Waals surface area contributed by atoms with Gasteiger partial charge in [0.05, 0.1) is 6.07 Å². The number of anilines is 1. The van der Waals surface area contributed by atoms with Crippen molar-refractivity contribution in [1.82, 2.24) is 10.6 Å². The zero-order valence-electron chi connectivity index (χ0n) is 16.2. The lowest BCUT2D eigenvalue weighted by atomic mass is 10.00. The summed E-state index contributed by atoms with van der Waals surface area (Å²) < 4.78 is 5.08. The summed E-state index contributed by atoms with van der Waals surface area (Å²) in [7, 11) is 0. The number of hydrogen-bond acceptors (Lipinski definition) is 5. The van der Waals surface area contributed by atoms with Crippen LogP contribution < -0.4 is 16.0 Å². The number of benzene rings is 1. The van der Waals surface area contributed by atoms with Crippen molar-refractivity contribution in [2.75, 3.05) is 11.9 Å². The summed E-state index contributed by atoms with van der Waals surface area (Å²) in [6.45, 7) is 3.03. The van der Waals surface area contributed by atoms with E-state index in [-0.39, 0.29) is 5.92 Å². The maximum atomic E-state index is 12.4. The summed E-state index contributed by atoms with van der Waals surface area (Å²) in [6, 6.07) is 9.52. The number of urea groups is 1. The predicted octanol–water partition coefficient (Wildman–Crippen LogP) is 2.33. The lowest BCUT2D eigenvalue weighted by Crippen LogP contribution is -2.49. The van der Waals surface area contributed by atoms with Gasteiger partial charge in [-0.3, -0.25) is 4.79 Å². The van der Waals surface area contributed by atoms with E-state index < -0.39 is 36.1 Å². The first-order valence-corrected chi connectivity index (χ1v) is 9.37. The van der Waals surface area contributed by atoms with Crippen LogP contribution in [0.15, 0.2) is 30.3 Å². The third-order valence-electron chi connectivity index (χ3n) is 4.63. The highest BCUT2D eigenvalue weighted by atomic mass is 16.5. The highest BCUT2D eigenvalue weighted by molar-refractivity contribution is 5.93. The van der Waals surface area contributed by atoms with Gasteiger partial charge in [0, 0.05) is 5.69 Å². The van der Waals surface area contributed by atoms with Gasteiger partial charge in [0.2, 0.25) is 0 Å². The van der Waals surface area contributed by atoms with E-state index >= 15 is 0 Å². The van der Waals surface area contributed by atoms with Gasteiger partial charge < -0.3 is 20.7 Å². The first-order valence-electron chi connectivity index (χ1n) is 9.37. The molecule has 1 saturated carbocycles. The van der Waals surface area contributed by atoms with Crippen molar-refractivity contribution in [1.29, 1.82) is 5.26 Å². The van der Waals surface area contributed by atoms with Crippen molar-refractivity contribution in [3.05, 3.63) is 30.3 Å². The standard InChI is InChI=1S/C20H26N4O4/c1-14(2)17(23-19(27)22-15-8-4-3-5-9-15)18(26)28-12-16(25)24-20(13-21)10-6-7-11-20/h3-5,8-9,14,17H,6-7,10-12H2,1-2H3,(H,24,25)(H2,22,23,27)/t17-/m0/s1. The Hall–Kier alpha value is -3.08. The highest BCUT2D eigenvalue weighted by Gasteiger charge is 2.35. The van der Waals surface area contributed by atoms with E-state index in [2.05, 4.69) is 22.0 Å². The molecule has 1 fully saturated rings. The van der Waals surface area contributed by atoms with E-state index in [0.29, 0.717) is 18.5 Å². The largest absolute Gasteiger partial charge is 0.454 e. The highest BCUT2D eigenvalue weighted by Crippen LogP contribution is 2.28. The molecule has 0 radical (unpaired) electrons. The molecule has 3 amide bonds. The van der Waals surface area contributed by atoms with E-state index in [1.54, 1.807) is 38.1 Å². The maximum absolute atomic E-state index is 12.4. The summed E-state index contributed by atoms with van der Waals surface area (Å²) in [4.78, 5) is 36.6. The minimum absolute atomic E-state index is 0.239. The number of carbonyl (C=O) groups is 3. The fourth-order valence-electron chi connectivity index (χ4n) is 3.10. The number of nitrogens with zero attached hydrogens (tertiary/aromatic N) is 1. The van der Waals surface area contributed by atoms with Crippen LogP contribution in [0.1, 0.15) is 39.5 Å². The van der Waals surface area contributed by atoms with Crippen LogP contribution in [-0.4, -0.2) is 36.1 Å². The van der Waals surface area contributed by atoms with Crippen LogP contribution in [0.2, 0.25) is 0 Å². The molecule has 0 spiro atoms. The minimum Gasteiger partial charge on any atom is -0.454 e. The average molecular weight is 386 g/mol. The van der Waals surface area contributed by atoms with Gasteiger partial charge in [-0.1, -0.05) is 32.0 Å². The minimum atomic E-state index is -0.909. The van der Waals surface area contributed by atoms with Crippen LogP contribution in [0.5, 0.6) is 0 Å². The first kappa shape index (κ1) is 21.2. The number of carbonyl (C=O) groups excluding carboxylic acids is 3. The summed E-state index contributed by atoms with van der Waals surface area (Å²) in [5.74, 6) is -1.46. The maximum Gasteiger partial charge on any atom is 0.329 e. The van der Waals surface area contributed by atoms with Gasteiger partial charge in [0.15, 0.2) is 6.61 Å². The van der Waals surface area contributed by atoms with Crippen LogP contribution in [-0.2, 0) is 14.3 Å². The molecule has 0 heterocycles. The van der Waals surface area contributed by atoms with Crippen LogP contribution in [0.25, 0.3) is 0 Å². The summed E-state index contributed by atoms with van der Waals surface area (Å²) in [6.07, 6.45) is 2.95. The Kier molecular flexibility index (Phi) is 7.38. The molecule has 28 heavy (non-hydrogen) atoms. The third kappa shape index (κ3) is 5.98. The van der Waals surface area contributed by atoms with Crippen molar-refractivity contribution in [2.24, 2.45) is 5.92 Å². The molecular formula is C20H26N4O4. The summed E-state index contributed by atoms with van der Waals surface area (Å²) in [5, 5.41) is 17.2. The number of para-hydroxylation sites is 1. The lowest BCUT2D eigenvalue weighted by Gasteiger charge is -2.23. The quantitative estimate of drug-likeness (QED) is 0.621. The van der Waals surface area contributed by atoms with Crippen LogP contribution in [0.4, 0.5) is 10.5 Å². The number of amides is 3. The molecule has 8 nitrogen and oxygen atoms in total. The molecule has 1 aromatic rings. The zero-order chi connectivity index (χ0) is 20.6. The topological polar surface area (TPSA) is 120 Å². The van der Waals surface area contributed by atoms with E-state index in [9.17, 15) is 19.6 Å². The molecule has 1 aromatic carbocycles. The molecular weight excluding hydrogens is 360 g/mol. The number of nitriles is 1. The van der Waals surface area contributed by atoms with Crippen LogP contribution in [0.3, 0.4) is 0 Å². The molecule has 3 N–H and O–H groups in total. The Morgan fingerprint density at radius 1 is 1.18 bits per heavy atom. The van der Waals surface area contributed by atoms with Crippen molar-refractivity contribution in [2.45, 2.75) is 51.1 Å². The van der Waals surface area contributed by atoms with Gasteiger partial charge in [0.1, 0.15) is 11.6 Å². The summed E-state index contributed by atoms with van der Waals surface area (Å²) >= 11 is 0. The molecule has 0 aromatic heterocycles. The molecule has 150 valence electrons. The van der Waals surface area contributed by atoms with Gasteiger partial charge in [-0.25, -0.2) is 9.59 Å². The molecule has 0 bridgehead atoms. The molecule has 2 rings (SSSR count). The van der Waals surface area contributed by atoms with E-state index in [1.165, 1.54) is 0 Å². The van der Waals surface area contributed by atoms with E-state index in [4.69, 9.17) is 4.74 Å². The van der Waals surface area contributed by atoms with Gasteiger partial charge in [-0.05, 0) is 43.7 Å². The van der Waals surface area contributed by atoms with Gasteiger partial charge in [0.25, 0.3) is 5.91 Å². The van der Waals surface area contributed by atoms with Crippen molar-refractivity contribution >= 4 is 23.6 Å². The van der Waals surface area contributed by atoms with Crippen molar-refractivity contribution < 1.29 is 19.1 Å². The number of ether oxygens (including phenoxy) is 1. The predicted molar refractivity (Wildman–Crippen MR) is 103 cm³/mol. The van der Waals surface area contributed by atoms with Gasteiger partial charge >= 0.3 is 12.0 Å². The first-order chi connectivity index (χ1) is 13.3. The SMILES string of the molecule is CC(C)[C@H](NC(=O)Nc1ccccc1)C(=O)OCC(=O)NC1(C#N)CCCC1. The molecule has 1 aliphatic carbocycles. The summed E-state index contributed by atoms with van der Waals surface area (Å²) in [5.41, 5.74) is -0.275. The van der Waals surface area contributed by atoms with Crippen LogP contribution in [0, 0.1) is 17.2 Å². The molecule has 1 atom stereocenters. The van der Waals surface area contributed by atoms with Gasteiger partial charge in [-0.15, -0.1) is 0 Å². The third-order valence-corrected chi connectivity index (χ3v) is 4.63. The van der Waals surface area contributed by atoms with E-state index in [1.807, 2.05) is 6.07 Å². The number of hydrogen-bond donors (Lipinski definition) is 3. The number of nitrogens with one attached hydrogen (secondary N) is 3. The van der Waals surface area contributed by atoms with Crippen molar-refractivity contribution in [3.63, 3.8) is 0 Å². The molecule has 1 aliphatic rings. The smallest absolute Gasteiger partial charge is 0.329 e. The Balaban J connectivity index is 1.85. The number of rotatable bonds is 7. The number of esters is 1.